The second kappa shape index (κ2) is 13.2. The first-order valence-corrected chi connectivity index (χ1v) is 13.5. The van der Waals surface area contributed by atoms with Crippen molar-refractivity contribution in [2.75, 3.05) is 25.3 Å². The van der Waals surface area contributed by atoms with E-state index in [1.165, 1.54) is 6.33 Å². The summed E-state index contributed by atoms with van der Waals surface area (Å²) >= 11 is 0. The first-order valence-electron chi connectivity index (χ1n) is 11.7. The molecule has 2 aromatic heterocycles. The summed E-state index contributed by atoms with van der Waals surface area (Å²) in [5.41, 5.74) is 7.86. The van der Waals surface area contributed by atoms with E-state index in [2.05, 4.69) is 27.0 Å². The first kappa shape index (κ1) is 28.1. The highest BCUT2D eigenvalue weighted by atomic mass is 32.1. The number of hydrogen-bond donors (Lipinski definition) is 2. The average molecular weight is 537 g/mol. The maximum absolute atomic E-state index is 13.4. The highest BCUT2D eigenvalue weighted by Crippen LogP contribution is 2.46. The van der Waals surface area contributed by atoms with Gasteiger partial charge in [0.25, 0.3) is 7.52 Å². The summed E-state index contributed by atoms with van der Waals surface area (Å²) in [5.74, 6) is -0.151. The molecule has 1 aliphatic heterocycles. The molecule has 0 saturated carbocycles. The summed E-state index contributed by atoms with van der Waals surface area (Å²) in [6, 6.07) is 8.69. The minimum absolute atomic E-state index is 0. The lowest BCUT2D eigenvalue weighted by atomic mass is 10.1. The standard InChI is InChI=1S/C23H31N6O5P.H2S/c1-2-3-7-10-32-23(30)19(11-17-8-5-4-6-9-17)28-35(31)16-33-18(13-34-35)12-29-15-27-20-21(24)25-14-26-22(20)29;/h4-6,8-9,14-15,18-19H,2-3,7,10-13,16H2,1H3,(H,28,31)(H2,24,25,26);1H2/t18-,19-,35?;/m0./s1. The molecule has 0 spiro atoms. The lowest BCUT2D eigenvalue weighted by Gasteiger charge is -2.32. The lowest BCUT2D eigenvalue weighted by Crippen LogP contribution is -2.42. The van der Waals surface area contributed by atoms with Crippen LogP contribution in [0.1, 0.15) is 31.7 Å². The van der Waals surface area contributed by atoms with E-state index in [0.29, 0.717) is 36.6 Å². The van der Waals surface area contributed by atoms with E-state index in [0.717, 1.165) is 24.8 Å². The molecule has 4 rings (SSSR count). The Bertz CT molecular complexity index is 1170. The molecule has 1 aromatic carbocycles. The molecule has 3 atom stereocenters. The zero-order chi connectivity index (χ0) is 24.7. The quantitative estimate of drug-likeness (QED) is 0.213. The van der Waals surface area contributed by atoms with Crippen LogP contribution in [0.3, 0.4) is 0 Å². The molecule has 3 aromatic rings. The topological polar surface area (TPSA) is 143 Å². The van der Waals surface area contributed by atoms with Crippen LogP contribution in [0, 0.1) is 0 Å². The minimum Gasteiger partial charge on any atom is -0.465 e. The molecular formula is C23H33N6O5PS. The van der Waals surface area contributed by atoms with Crippen LogP contribution in [-0.2, 0) is 36.3 Å². The Morgan fingerprint density at radius 1 is 1.28 bits per heavy atom. The fourth-order valence-electron chi connectivity index (χ4n) is 3.82. The van der Waals surface area contributed by atoms with Gasteiger partial charge in [-0.2, -0.15) is 13.5 Å². The Morgan fingerprint density at radius 3 is 2.81 bits per heavy atom. The van der Waals surface area contributed by atoms with Crippen molar-refractivity contribution in [3.05, 3.63) is 48.5 Å². The zero-order valence-electron chi connectivity index (χ0n) is 20.2. The number of unbranched alkanes of at least 4 members (excludes halogenated alkanes) is 2. The van der Waals surface area contributed by atoms with E-state index in [1.807, 2.05) is 30.3 Å². The third kappa shape index (κ3) is 7.27. The number of nitrogens with one attached hydrogen (secondary N) is 1. The van der Waals surface area contributed by atoms with Crippen LogP contribution < -0.4 is 10.8 Å². The number of nitrogen functional groups attached to an aromatic ring is 1. The molecule has 0 radical (unpaired) electrons. The smallest absolute Gasteiger partial charge is 0.323 e. The Morgan fingerprint density at radius 2 is 2.08 bits per heavy atom. The fraction of sp³-hybridized carbons (Fsp3) is 0.478. The number of carbonyl (C=O) groups excluding carboxylic acids is 1. The largest absolute Gasteiger partial charge is 0.465 e. The molecule has 0 amide bonds. The van der Waals surface area contributed by atoms with Gasteiger partial charge >= 0.3 is 5.97 Å². The number of fused-ring (bicyclic) bond motifs is 1. The van der Waals surface area contributed by atoms with Gasteiger partial charge in [-0.05, 0) is 18.4 Å². The molecule has 196 valence electrons. The van der Waals surface area contributed by atoms with E-state index in [1.54, 1.807) is 10.9 Å². The Labute approximate surface area is 217 Å². The Kier molecular flexibility index (Phi) is 10.3. The number of carbonyl (C=O) groups is 1. The zero-order valence-corrected chi connectivity index (χ0v) is 22.1. The van der Waals surface area contributed by atoms with Crippen LogP contribution in [0.4, 0.5) is 5.82 Å². The van der Waals surface area contributed by atoms with Crippen molar-refractivity contribution in [1.29, 1.82) is 0 Å². The Balaban J connectivity index is 0.00000361. The summed E-state index contributed by atoms with van der Waals surface area (Å²) < 4.78 is 32.2. The molecule has 13 heteroatoms. The van der Waals surface area contributed by atoms with Crippen molar-refractivity contribution in [3.8, 4) is 0 Å². The number of esters is 1. The van der Waals surface area contributed by atoms with Gasteiger partial charge in [0.1, 0.15) is 30.3 Å². The molecule has 11 nitrogen and oxygen atoms in total. The van der Waals surface area contributed by atoms with Gasteiger partial charge in [-0.25, -0.2) is 20.0 Å². The van der Waals surface area contributed by atoms with Gasteiger partial charge in [0.05, 0.1) is 26.1 Å². The number of hydrogen-bond acceptors (Lipinski definition) is 9. The highest BCUT2D eigenvalue weighted by molar-refractivity contribution is 7.59. The van der Waals surface area contributed by atoms with Gasteiger partial charge in [-0.3, -0.25) is 9.36 Å². The van der Waals surface area contributed by atoms with E-state index >= 15 is 0 Å². The summed E-state index contributed by atoms with van der Waals surface area (Å²) in [6.07, 6.45) is 5.56. The van der Waals surface area contributed by atoms with E-state index in [-0.39, 0.29) is 32.6 Å². The lowest BCUT2D eigenvalue weighted by molar-refractivity contribution is -0.145. The third-order valence-electron chi connectivity index (χ3n) is 5.69. The van der Waals surface area contributed by atoms with Gasteiger partial charge in [0, 0.05) is 0 Å². The van der Waals surface area contributed by atoms with Crippen molar-refractivity contribution in [1.82, 2.24) is 24.6 Å². The van der Waals surface area contributed by atoms with Gasteiger partial charge in [0.15, 0.2) is 11.5 Å². The molecule has 1 aliphatic rings. The van der Waals surface area contributed by atoms with Crippen molar-refractivity contribution < 1.29 is 23.4 Å². The molecule has 0 bridgehead atoms. The molecule has 1 saturated heterocycles. The van der Waals surface area contributed by atoms with Crippen LogP contribution in [0.15, 0.2) is 43.0 Å². The molecule has 36 heavy (non-hydrogen) atoms. The predicted octanol–water partition coefficient (Wildman–Crippen LogP) is 3.02. The molecule has 3 N–H and O–H groups in total. The number of nitrogens with zero attached hydrogens (tertiary/aromatic N) is 4. The number of imidazole rings is 1. The molecule has 0 aliphatic carbocycles. The number of aromatic nitrogens is 4. The average Bonchev–Trinajstić information content (AvgIpc) is 3.27. The number of rotatable bonds is 11. The van der Waals surface area contributed by atoms with Crippen LogP contribution in [-0.4, -0.2) is 57.2 Å². The SMILES string of the molecule is CCCCCOC(=O)[C@H](Cc1ccccc1)NP1(=O)CO[C@@H](Cn2cnc3c(N)ncnc32)CO1.S. The van der Waals surface area contributed by atoms with E-state index in [4.69, 9.17) is 19.7 Å². The van der Waals surface area contributed by atoms with E-state index < -0.39 is 19.5 Å². The monoisotopic (exact) mass is 536 g/mol. The van der Waals surface area contributed by atoms with Crippen molar-refractivity contribution >= 4 is 44.0 Å². The van der Waals surface area contributed by atoms with Gasteiger partial charge < -0.3 is 24.3 Å². The number of ether oxygens (including phenoxy) is 2. The van der Waals surface area contributed by atoms with Crippen molar-refractivity contribution in [3.63, 3.8) is 0 Å². The van der Waals surface area contributed by atoms with Gasteiger partial charge in [-0.1, -0.05) is 50.1 Å². The summed E-state index contributed by atoms with van der Waals surface area (Å²) in [7, 11) is -3.43. The molecule has 1 unspecified atom stereocenters. The van der Waals surface area contributed by atoms with Crippen LogP contribution >= 0.6 is 21.0 Å². The minimum atomic E-state index is -3.43. The number of benzene rings is 1. The van der Waals surface area contributed by atoms with Gasteiger partial charge in [0.2, 0.25) is 0 Å². The molecule has 1 fully saturated rings. The summed E-state index contributed by atoms with van der Waals surface area (Å²) in [6.45, 7) is 2.88. The van der Waals surface area contributed by atoms with Gasteiger partial charge in [-0.15, -0.1) is 0 Å². The second-order valence-electron chi connectivity index (χ2n) is 8.46. The summed E-state index contributed by atoms with van der Waals surface area (Å²) in [4.78, 5) is 25.2. The fourth-order valence-corrected chi connectivity index (χ4v) is 5.53. The maximum Gasteiger partial charge on any atom is 0.323 e. The third-order valence-corrected chi connectivity index (χ3v) is 7.45. The highest BCUT2D eigenvalue weighted by Gasteiger charge is 2.37. The van der Waals surface area contributed by atoms with Crippen molar-refractivity contribution in [2.45, 2.75) is 51.3 Å². The maximum atomic E-state index is 13.4. The van der Waals surface area contributed by atoms with Crippen LogP contribution in [0.25, 0.3) is 11.2 Å². The first-order chi connectivity index (χ1) is 17.0. The van der Waals surface area contributed by atoms with Crippen LogP contribution in [0.5, 0.6) is 0 Å². The van der Waals surface area contributed by atoms with Crippen LogP contribution in [0.2, 0.25) is 0 Å². The Hall–Kier alpha value is -2.50. The predicted molar refractivity (Wildman–Crippen MR) is 141 cm³/mol. The second-order valence-corrected chi connectivity index (χ2v) is 10.6. The normalized spacial score (nSPS) is 20.5. The number of nitrogens with two attached hydrogens (primary N) is 1. The molecular weight excluding hydrogens is 503 g/mol. The summed E-state index contributed by atoms with van der Waals surface area (Å²) in [5, 5.41) is 2.92. The van der Waals surface area contributed by atoms with E-state index in [9.17, 15) is 9.36 Å². The molecule has 3 heterocycles. The van der Waals surface area contributed by atoms with Crippen molar-refractivity contribution in [2.24, 2.45) is 0 Å². The number of anilines is 1.